The second-order valence-corrected chi connectivity index (χ2v) is 10.9. The van der Waals surface area contributed by atoms with Crippen LogP contribution in [0, 0.1) is 13.8 Å². The van der Waals surface area contributed by atoms with E-state index in [1.54, 1.807) is 12.4 Å². The van der Waals surface area contributed by atoms with Gasteiger partial charge in [-0.05, 0) is 49.2 Å². The number of ketones is 1. The lowest BCUT2D eigenvalue weighted by atomic mass is 9.88. The summed E-state index contributed by atoms with van der Waals surface area (Å²) in [5.41, 5.74) is 8.26. The summed E-state index contributed by atoms with van der Waals surface area (Å²) in [5, 5.41) is 19.2. The van der Waals surface area contributed by atoms with Crippen molar-refractivity contribution in [2.75, 3.05) is 87.4 Å². The Morgan fingerprint density at radius 1 is 0.609 bits per heavy atom. The molecule has 0 radical (unpaired) electrons. The highest BCUT2D eigenvalue weighted by atomic mass is 16.5. The fourth-order valence-electron chi connectivity index (χ4n) is 5.24. The van der Waals surface area contributed by atoms with E-state index in [2.05, 4.69) is 41.9 Å². The summed E-state index contributed by atoms with van der Waals surface area (Å²) >= 11 is 0. The van der Waals surface area contributed by atoms with Gasteiger partial charge >= 0.3 is 0 Å². The number of carbonyl (C=O) groups is 1. The first-order chi connectivity index (χ1) is 22.3. The fraction of sp³-hybridized carbons (Fsp3) is 0.343. The van der Waals surface area contributed by atoms with Gasteiger partial charge in [0.25, 0.3) is 0 Å². The Bertz CT molecular complexity index is 1490. The number of hydrogen-bond acceptors (Lipinski definition) is 11. The van der Waals surface area contributed by atoms with Gasteiger partial charge in [0.05, 0.1) is 34.6 Å². The van der Waals surface area contributed by atoms with E-state index in [0.717, 1.165) is 45.3 Å². The molecule has 2 heterocycles. The van der Waals surface area contributed by atoms with Gasteiger partial charge in [-0.1, -0.05) is 12.1 Å². The largest absolute Gasteiger partial charge is 0.490 e. The Morgan fingerprint density at radius 2 is 1.02 bits per heavy atom. The van der Waals surface area contributed by atoms with Crippen LogP contribution in [0.1, 0.15) is 34.4 Å². The minimum atomic E-state index is -0.710. The second kappa shape index (κ2) is 15.7. The van der Waals surface area contributed by atoms with Crippen LogP contribution in [0.4, 0.5) is 34.1 Å². The lowest BCUT2D eigenvalue weighted by Gasteiger charge is -2.25. The molecule has 0 aliphatic rings. The molecule has 2 atom stereocenters. The monoisotopic (exact) mass is 626 g/mol. The van der Waals surface area contributed by atoms with Crippen LogP contribution in [-0.4, -0.2) is 71.3 Å². The average Bonchev–Trinajstić information content (AvgIpc) is 3.08. The molecule has 4 aromatic rings. The highest BCUT2D eigenvalue weighted by Crippen LogP contribution is 2.39. The second-order valence-electron chi connectivity index (χ2n) is 10.9. The molecule has 6 N–H and O–H groups in total. The number of anilines is 6. The van der Waals surface area contributed by atoms with Crippen molar-refractivity contribution in [2.45, 2.75) is 25.7 Å². The van der Waals surface area contributed by atoms with Crippen molar-refractivity contribution in [1.29, 1.82) is 0 Å². The van der Waals surface area contributed by atoms with Crippen LogP contribution in [0.15, 0.2) is 60.9 Å². The van der Waals surface area contributed by atoms with Gasteiger partial charge in [-0.25, -0.2) is 0 Å². The predicted octanol–water partition coefficient (Wildman–Crippen LogP) is 5.94. The number of aromatic nitrogens is 2. The fourth-order valence-corrected chi connectivity index (χ4v) is 5.24. The highest BCUT2D eigenvalue weighted by molar-refractivity contribution is 5.92. The topological polar surface area (TPSA) is 133 Å². The van der Waals surface area contributed by atoms with Crippen molar-refractivity contribution >= 4 is 39.9 Å². The van der Waals surface area contributed by atoms with Gasteiger partial charge < -0.3 is 41.4 Å². The van der Waals surface area contributed by atoms with E-state index in [0.29, 0.717) is 22.9 Å². The van der Waals surface area contributed by atoms with Crippen LogP contribution >= 0.6 is 0 Å². The first-order valence-corrected chi connectivity index (χ1v) is 15.3. The molecular formula is C35H46N8O3. The van der Waals surface area contributed by atoms with E-state index in [9.17, 15) is 4.79 Å². The van der Waals surface area contributed by atoms with Crippen molar-refractivity contribution in [2.24, 2.45) is 0 Å². The number of nitrogens with zero attached hydrogens (tertiary/aromatic N) is 2. The molecule has 0 aliphatic carbocycles. The summed E-state index contributed by atoms with van der Waals surface area (Å²) in [6, 6.07) is 15.5. The number of benzene rings is 2. The van der Waals surface area contributed by atoms with Gasteiger partial charge in [-0.15, -0.1) is 0 Å². The number of rotatable bonds is 16. The molecule has 11 nitrogen and oxygen atoms in total. The van der Waals surface area contributed by atoms with Crippen LogP contribution in [-0.2, 0) is 4.79 Å². The molecule has 0 fully saturated rings. The molecule has 11 heteroatoms. The molecule has 2 aromatic heterocycles. The Hall–Kier alpha value is -5.19. The van der Waals surface area contributed by atoms with E-state index in [-0.39, 0.29) is 19.0 Å². The smallest absolute Gasteiger partial charge is 0.157 e. The highest BCUT2D eigenvalue weighted by Gasteiger charge is 2.33. The van der Waals surface area contributed by atoms with Crippen LogP contribution in [0.3, 0.4) is 0 Å². The number of ether oxygens (including phenoxy) is 2. The summed E-state index contributed by atoms with van der Waals surface area (Å²) in [5.74, 6) is -0.321. The molecule has 0 aliphatic heterocycles. The van der Waals surface area contributed by atoms with E-state index < -0.39 is 11.8 Å². The molecule has 2 unspecified atom stereocenters. The molecule has 0 saturated heterocycles. The first kappa shape index (κ1) is 33.7. The third kappa shape index (κ3) is 7.71. The zero-order chi connectivity index (χ0) is 33.2. The zero-order valence-corrected chi connectivity index (χ0v) is 28.0. The zero-order valence-electron chi connectivity index (χ0n) is 28.0. The van der Waals surface area contributed by atoms with E-state index >= 15 is 0 Å². The normalized spacial score (nSPS) is 12.0. The van der Waals surface area contributed by atoms with Gasteiger partial charge in [-0.3, -0.25) is 14.8 Å². The molecule has 2 aromatic carbocycles. The summed E-state index contributed by atoms with van der Waals surface area (Å²) in [7, 11) is 11.1. The predicted molar refractivity (Wildman–Crippen MR) is 190 cm³/mol. The summed E-state index contributed by atoms with van der Waals surface area (Å²) in [6.07, 6.45) is 3.54. The summed E-state index contributed by atoms with van der Waals surface area (Å²) < 4.78 is 12.9. The van der Waals surface area contributed by atoms with Crippen LogP contribution in [0.5, 0.6) is 11.5 Å². The standard InChI is InChI=1S/C35H46N8O3/c1-21-9-11-27(42-17-21)25(19-45-31-15-23(36-3)13-29(38-5)33(31)40-7)35(44)26(28-12-10-22(2)18-43-28)20-46-32-16-24(37-4)14-30(39-6)34(32)41-8/h9-18,25-26,36-41H,19-20H2,1-8H3. The van der Waals surface area contributed by atoms with Gasteiger partial charge in [0.2, 0.25) is 0 Å². The van der Waals surface area contributed by atoms with Crippen LogP contribution in [0.2, 0.25) is 0 Å². The van der Waals surface area contributed by atoms with E-state index in [1.165, 1.54) is 0 Å². The molecular weight excluding hydrogens is 580 g/mol. The van der Waals surface area contributed by atoms with Crippen molar-refractivity contribution in [3.63, 3.8) is 0 Å². The Morgan fingerprint density at radius 3 is 1.33 bits per heavy atom. The lowest BCUT2D eigenvalue weighted by Crippen LogP contribution is -2.30. The molecule has 244 valence electrons. The molecule has 0 bridgehead atoms. The minimum absolute atomic E-state index is 0.0587. The van der Waals surface area contributed by atoms with E-state index in [1.807, 2.05) is 105 Å². The maximum Gasteiger partial charge on any atom is 0.157 e. The Kier molecular flexibility index (Phi) is 11.5. The number of hydrogen-bond donors (Lipinski definition) is 6. The number of nitrogens with one attached hydrogen (secondary N) is 6. The van der Waals surface area contributed by atoms with Gasteiger partial charge in [0, 0.05) is 78.2 Å². The van der Waals surface area contributed by atoms with Crippen LogP contribution < -0.4 is 41.4 Å². The van der Waals surface area contributed by atoms with Crippen molar-refractivity contribution in [3.05, 3.63) is 83.4 Å². The van der Waals surface area contributed by atoms with Crippen molar-refractivity contribution in [1.82, 2.24) is 9.97 Å². The molecule has 0 saturated carbocycles. The van der Waals surface area contributed by atoms with Gasteiger partial charge in [-0.2, -0.15) is 0 Å². The maximum absolute atomic E-state index is 14.7. The number of pyridine rings is 2. The van der Waals surface area contributed by atoms with Crippen molar-refractivity contribution in [3.8, 4) is 11.5 Å². The number of aryl methyl sites for hydroxylation is 2. The Balaban J connectivity index is 1.75. The first-order valence-electron chi connectivity index (χ1n) is 15.3. The minimum Gasteiger partial charge on any atom is -0.490 e. The Labute approximate surface area is 271 Å². The van der Waals surface area contributed by atoms with Gasteiger partial charge in [0.1, 0.15) is 36.1 Å². The quantitative estimate of drug-likeness (QED) is 0.0883. The molecule has 4 rings (SSSR count). The van der Waals surface area contributed by atoms with Crippen LogP contribution in [0.25, 0.3) is 0 Å². The summed E-state index contributed by atoms with van der Waals surface area (Å²) in [6.45, 7) is 4.06. The van der Waals surface area contributed by atoms with Gasteiger partial charge in [0.15, 0.2) is 5.78 Å². The number of Topliss-reactive ketones (excluding diaryl/α,β-unsaturated/α-hetero) is 1. The van der Waals surface area contributed by atoms with E-state index in [4.69, 9.17) is 9.47 Å². The third-order valence-electron chi connectivity index (χ3n) is 7.90. The lowest BCUT2D eigenvalue weighted by molar-refractivity contribution is -0.123. The molecule has 46 heavy (non-hydrogen) atoms. The summed E-state index contributed by atoms with van der Waals surface area (Å²) in [4.78, 5) is 24.1. The SMILES string of the molecule is CNc1cc(NC)c(NC)c(OCC(C(=O)C(COc2cc(NC)cc(NC)c2NC)c2ccc(C)cn2)c2ccc(C)cn2)c1. The maximum atomic E-state index is 14.7. The molecule has 0 amide bonds. The van der Waals surface area contributed by atoms with Crippen molar-refractivity contribution < 1.29 is 14.3 Å². The number of carbonyl (C=O) groups excluding carboxylic acids is 1. The average molecular weight is 627 g/mol. The third-order valence-corrected chi connectivity index (χ3v) is 7.90. The molecule has 0 spiro atoms.